The number of nitrogens with zero attached hydrogens (tertiary/aromatic N) is 2. The SMILES string of the molecule is CN=C(NCCC(=O)N(C)C)NCC1(c2ccc(Br)cc2)CCCC1. The number of guanidine groups is 1. The highest BCUT2D eigenvalue weighted by Gasteiger charge is 2.35. The lowest BCUT2D eigenvalue weighted by atomic mass is 9.79. The van der Waals surface area contributed by atoms with Crippen LogP contribution in [-0.4, -0.2) is 51.0 Å². The Morgan fingerprint density at radius 3 is 2.40 bits per heavy atom. The van der Waals surface area contributed by atoms with Crippen LogP contribution >= 0.6 is 15.9 Å². The number of hydrogen-bond donors (Lipinski definition) is 2. The van der Waals surface area contributed by atoms with Crippen molar-refractivity contribution in [3.63, 3.8) is 0 Å². The summed E-state index contributed by atoms with van der Waals surface area (Å²) in [5, 5.41) is 6.71. The highest BCUT2D eigenvalue weighted by Crippen LogP contribution is 2.40. The molecule has 0 unspecified atom stereocenters. The molecule has 138 valence electrons. The van der Waals surface area contributed by atoms with Gasteiger partial charge in [0.2, 0.25) is 5.91 Å². The van der Waals surface area contributed by atoms with Gasteiger partial charge in [-0.1, -0.05) is 40.9 Å². The lowest BCUT2D eigenvalue weighted by Crippen LogP contribution is -2.45. The average molecular weight is 409 g/mol. The van der Waals surface area contributed by atoms with Gasteiger partial charge < -0.3 is 15.5 Å². The molecule has 0 atom stereocenters. The monoisotopic (exact) mass is 408 g/mol. The molecular weight excluding hydrogens is 380 g/mol. The zero-order chi connectivity index (χ0) is 18.3. The van der Waals surface area contributed by atoms with Crippen molar-refractivity contribution in [2.24, 2.45) is 4.99 Å². The van der Waals surface area contributed by atoms with E-state index in [2.05, 4.69) is 55.8 Å². The minimum Gasteiger partial charge on any atom is -0.356 e. The first kappa shape index (κ1) is 19.8. The van der Waals surface area contributed by atoms with Gasteiger partial charge in [0, 0.05) is 50.5 Å². The van der Waals surface area contributed by atoms with E-state index in [9.17, 15) is 4.79 Å². The number of aliphatic imine (C=N–C) groups is 1. The molecule has 0 spiro atoms. The van der Waals surface area contributed by atoms with Gasteiger partial charge in [-0.05, 0) is 30.5 Å². The Bertz CT molecular complexity index is 592. The third-order valence-electron chi connectivity index (χ3n) is 4.97. The van der Waals surface area contributed by atoms with Crippen molar-refractivity contribution in [1.29, 1.82) is 0 Å². The van der Waals surface area contributed by atoms with Crippen LogP contribution in [0, 0.1) is 0 Å². The largest absolute Gasteiger partial charge is 0.356 e. The molecule has 0 heterocycles. The van der Waals surface area contributed by atoms with Crippen LogP contribution in [0.2, 0.25) is 0 Å². The maximum absolute atomic E-state index is 11.7. The van der Waals surface area contributed by atoms with Gasteiger partial charge in [-0.3, -0.25) is 9.79 Å². The Hall–Kier alpha value is -1.56. The van der Waals surface area contributed by atoms with Crippen LogP contribution in [0.15, 0.2) is 33.7 Å². The molecule has 0 saturated heterocycles. The van der Waals surface area contributed by atoms with E-state index in [-0.39, 0.29) is 11.3 Å². The summed E-state index contributed by atoms with van der Waals surface area (Å²) in [5.41, 5.74) is 1.55. The highest BCUT2D eigenvalue weighted by molar-refractivity contribution is 9.10. The van der Waals surface area contributed by atoms with Crippen molar-refractivity contribution < 1.29 is 4.79 Å². The molecule has 1 aliphatic rings. The molecule has 2 N–H and O–H groups in total. The Morgan fingerprint density at radius 2 is 1.84 bits per heavy atom. The predicted molar refractivity (Wildman–Crippen MR) is 107 cm³/mol. The molecule has 1 fully saturated rings. The van der Waals surface area contributed by atoms with E-state index in [0.717, 1.165) is 17.0 Å². The normalized spacial score (nSPS) is 16.6. The van der Waals surface area contributed by atoms with Crippen molar-refractivity contribution in [2.45, 2.75) is 37.5 Å². The zero-order valence-corrected chi connectivity index (χ0v) is 17.0. The van der Waals surface area contributed by atoms with Crippen LogP contribution in [-0.2, 0) is 10.2 Å². The first-order valence-electron chi connectivity index (χ1n) is 8.87. The number of carbonyl (C=O) groups excluding carboxylic acids is 1. The van der Waals surface area contributed by atoms with E-state index >= 15 is 0 Å². The van der Waals surface area contributed by atoms with E-state index in [0.29, 0.717) is 13.0 Å². The van der Waals surface area contributed by atoms with Gasteiger partial charge in [-0.15, -0.1) is 0 Å². The maximum Gasteiger partial charge on any atom is 0.223 e. The molecule has 0 aromatic heterocycles. The Kier molecular flexibility index (Phi) is 7.29. The van der Waals surface area contributed by atoms with Gasteiger partial charge >= 0.3 is 0 Å². The molecule has 25 heavy (non-hydrogen) atoms. The number of nitrogens with one attached hydrogen (secondary N) is 2. The third-order valence-corrected chi connectivity index (χ3v) is 5.49. The second-order valence-corrected chi connectivity index (χ2v) is 7.80. The van der Waals surface area contributed by atoms with Crippen LogP contribution in [0.3, 0.4) is 0 Å². The van der Waals surface area contributed by atoms with Crippen LogP contribution in [0.5, 0.6) is 0 Å². The molecule has 5 nitrogen and oxygen atoms in total. The molecule has 2 rings (SSSR count). The molecular formula is C19H29BrN4O. The second kappa shape index (κ2) is 9.22. The number of rotatable bonds is 6. The first-order chi connectivity index (χ1) is 12.0. The lowest BCUT2D eigenvalue weighted by molar-refractivity contribution is -0.128. The number of amides is 1. The molecule has 1 saturated carbocycles. The maximum atomic E-state index is 11.7. The molecule has 1 aliphatic carbocycles. The molecule has 0 aliphatic heterocycles. The zero-order valence-electron chi connectivity index (χ0n) is 15.4. The number of carbonyl (C=O) groups is 1. The van der Waals surface area contributed by atoms with E-state index in [1.807, 2.05) is 0 Å². The Labute approximate surface area is 159 Å². The standard InChI is InChI=1S/C19H29BrN4O/c1-21-18(22-13-10-17(25)24(2)3)23-14-19(11-4-5-12-19)15-6-8-16(20)9-7-15/h6-9H,4-5,10-14H2,1-3H3,(H2,21,22,23). The number of halogens is 1. The minimum absolute atomic E-state index is 0.116. The lowest BCUT2D eigenvalue weighted by Gasteiger charge is -2.31. The number of benzene rings is 1. The molecule has 0 bridgehead atoms. The van der Waals surface area contributed by atoms with E-state index in [4.69, 9.17) is 0 Å². The van der Waals surface area contributed by atoms with Gasteiger partial charge in [0.05, 0.1) is 0 Å². The summed E-state index contributed by atoms with van der Waals surface area (Å²) in [6.07, 6.45) is 5.38. The van der Waals surface area contributed by atoms with Crippen LogP contribution < -0.4 is 10.6 Å². The van der Waals surface area contributed by atoms with Crippen molar-refractivity contribution >= 4 is 27.8 Å². The summed E-state index contributed by atoms with van der Waals surface area (Å²) in [4.78, 5) is 17.6. The predicted octanol–water partition coefficient (Wildman–Crippen LogP) is 2.90. The summed E-state index contributed by atoms with van der Waals surface area (Å²) in [5.74, 6) is 0.875. The highest BCUT2D eigenvalue weighted by atomic mass is 79.9. The van der Waals surface area contributed by atoms with Gasteiger partial charge in [0.25, 0.3) is 0 Å². The fourth-order valence-electron chi connectivity index (χ4n) is 3.41. The van der Waals surface area contributed by atoms with Crippen molar-refractivity contribution in [3.05, 3.63) is 34.3 Å². The van der Waals surface area contributed by atoms with E-state index in [1.165, 1.54) is 31.2 Å². The minimum atomic E-state index is 0.116. The summed E-state index contributed by atoms with van der Waals surface area (Å²) in [6, 6.07) is 8.69. The quantitative estimate of drug-likeness (QED) is 0.561. The van der Waals surface area contributed by atoms with Crippen molar-refractivity contribution in [1.82, 2.24) is 15.5 Å². The van der Waals surface area contributed by atoms with E-state index < -0.39 is 0 Å². The molecule has 1 aromatic rings. The van der Waals surface area contributed by atoms with Gasteiger partial charge in [-0.25, -0.2) is 0 Å². The fraction of sp³-hybridized carbons (Fsp3) is 0.579. The topological polar surface area (TPSA) is 56.7 Å². The van der Waals surface area contributed by atoms with E-state index in [1.54, 1.807) is 26.0 Å². The van der Waals surface area contributed by atoms with Crippen LogP contribution in [0.25, 0.3) is 0 Å². The summed E-state index contributed by atoms with van der Waals surface area (Å²) in [7, 11) is 5.32. The Balaban J connectivity index is 1.93. The summed E-state index contributed by atoms with van der Waals surface area (Å²) < 4.78 is 1.11. The smallest absolute Gasteiger partial charge is 0.223 e. The van der Waals surface area contributed by atoms with Crippen LogP contribution in [0.1, 0.15) is 37.7 Å². The van der Waals surface area contributed by atoms with Crippen LogP contribution in [0.4, 0.5) is 0 Å². The molecule has 6 heteroatoms. The van der Waals surface area contributed by atoms with Crippen molar-refractivity contribution in [2.75, 3.05) is 34.2 Å². The summed E-state index contributed by atoms with van der Waals surface area (Å²) >= 11 is 3.52. The average Bonchev–Trinajstić information content (AvgIpc) is 3.08. The second-order valence-electron chi connectivity index (χ2n) is 6.89. The Morgan fingerprint density at radius 1 is 1.20 bits per heavy atom. The molecule has 0 radical (unpaired) electrons. The third kappa shape index (κ3) is 5.46. The summed E-state index contributed by atoms with van der Waals surface area (Å²) in [6.45, 7) is 1.44. The molecule has 1 aromatic carbocycles. The van der Waals surface area contributed by atoms with Gasteiger partial charge in [-0.2, -0.15) is 0 Å². The van der Waals surface area contributed by atoms with Crippen molar-refractivity contribution in [3.8, 4) is 0 Å². The molecule has 1 amide bonds. The number of hydrogen-bond acceptors (Lipinski definition) is 2. The fourth-order valence-corrected chi connectivity index (χ4v) is 3.67. The van der Waals surface area contributed by atoms with Gasteiger partial charge in [0.15, 0.2) is 5.96 Å². The van der Waals surface area contributed by atoms with Gasteiger partial charge in [0.1, 0.15) is 0 Å². The first-order valence-corrected chi connectivity index (χ1v) is 9.67.